The fourth-order valence-corrected chi connectivity index (χ4v) is 2.11. The predicted molar refractivity (Wildman–Crippen MR) is 53.3 cm³/mol. The van der Waals surface area contributed by atoms with Crippen LogP contribution in [-0.4, -0.2) is 35.5 Å². The average Bonchev–Trinajstić information content (AvgIpc) is 2.72. The van der Waals surface area contributed by atoms with Gasteiger partial charge in [-0.05, 0) is 38.0 Å². The Morgan fingerprint density at radius 3 is 3.31 bits per heavy atom. The Bertz CT molecular complexity index is 250. The number of likely N-dealkylation sites (N-methyl/N-ethyl adjacent to an activating group) is 1. The third kappa shape index (κ3) is 2.19. The standard InChI is InChI=1S/C9H14N2OS/c1-11-4-2-3-8(11)6-12-9-5-10-13-7-9/h5,7-8H,2-4,6H2,1H3. The second-order valence-electron chi connectivity index (χ2n) is 3.45. The van der Waals surface area contributed by atoms with Crippen LogP contribution in [0, 0.1) is 0 Å². The lowest BCUT2D eigenvalue weighted by molar-refractivity contribution is 0.198. The molecule has 1 atom stereocenters. The van der Waals surface area contributed by atoms with Crippen molar-refractivity contribution in [3.63, 3.8) is 0 Å². The van der Waals surface area contributed by atoms with Gasteiger partial charge in [0.25, 0.3) is 0 Å². The van der Waals surface area contributed by atoms with Crippen LogP contribution < -0.4 is 4.74 Å². The Labute approximate surface area is 82.5 Å². The summed E-state index contributed by atoms with van der Waals surface area (Å²) in [7, 11) is 2.16. The van der Waals surface area contributed by atoms with Gasteiger partial charge in [0.2, 0.25) is 0 Å². The van der Waals surface area contributed by atoms with E-state index in [1.54, 1.807) is 6.20 Å². The highest BCUT2D eigenvalue weighted by molar-refractivity contribution is 7.03. The molecule has 0 radical (unpaired) electrons. The van der Waals surface area contributed by atoms with Gasteiger partial charge >= 0.3 is 0 Å². The fraction of sp³-hybridized carbons (Fsp3) is 0.667. The molecule has 0 N–H and O–H groups in total. The largest absolute Gasteiger partial charge is 0.489 e. The molecule has 4 heteroatoms. The van der Waals surface area contributed by atoms with Crippen LogP contribution in [-0.2, 0) is 0 Å². The van der Waals surface area contributed by atoms with Gasteiger partial charge in [0.15, 0.2) is 0 Å². The summed E-state index contributed by atoms with van der Waals surface area (Å²) >= 11 is 1.43. The molecule has 1 aliphatic rings. The first kappa shape index (κ1) is 8.97. The first-order valence-corrected chi connectivity index (χ1v) is 5.42. The highest BCUT2D eigenvalue weighted by atomic mass is 32.1. The minimum Gasteiger partial charge on any atom is -0.489 e. The second kappa shape index (κ2) is 4.07. The monoisotopic (exact) mass is 198 g/mol. The topological polar surface area (TPSA) is 25.4 Å². The van der Waals surface area contributed by atoms with Gasteiger partial charge in [-0.2, -0.15) is 4.37 Å². The summed E-state index contributed by atoms with van der Waals surface area (Å²) in [6.45, 7) is 2.00. The lowest BCUT2D eigenvalue weighted by atomic mass is 10.2. The van der Waals surface area contributed by atoms with Crippen LogP contribution in [0.4, 0.5) is 0 Å². The molecule has 72 valence electrons. The summed E-state index contributed by atoms with van der Waals surface area (Å²) in [4.78, 5) is 2.36. The molecule has 1 fully saturated rings. The van der Waals surface area contributed by atoms with Gasteiger partial charge in [-0.1, -0.05) is 0 Å². The van der Waals surface area contributed by atoms with Crippen molar-refractivity contribution in [2.24, 2.45) is 0 Å². The van der Waals surface area contributed by atoms with Crippen molar-refractivity contribution < 1.29 is 4.74 Å². The van der Waals surface area contributed by atoms with E-state index in [2.05, 4.69) is 16.3 Å². The quantitative estimate of drug-likeness (QED) is 0.738. The van der Waals surface area contributed by atoms with Crippen LogP contribution in [0.2, 0.25) is 0 Å². The molecule has 1 unspecified atom stereocenters. The molecule has 0 bridgehead atoms. The maximum atomic E-state index is 5.61. The molecule has 3 nitrogen and oxygen atoms in total. The van der Waals surface area contributed by atoms with Crippen LogP contribution >= 0.6 is 11.5 Å². The van der Waals surface area contributed by atoms with E-state index >= 15 is 0 Å². The predicted octanol–water partition coefficient (Wildman–Crippen LogP) is 1.62. The smallest absolute Gasteiger partial charge is 0.150 e. The molecule has 1 aliphatic heterocycles. The molecular formula is C9H14N2OS. The van der Waals surface area contributed by atoms with Crippen molar-refractivity contribution in [1.82, 2.24) is 9.27 Å². The van der Waals surface area contributed by atoms with Crippen molar-refractivity contribution in [3.05, 3.63) is 11.6 Å². The summed E-state index contributed by atoms with van der Waals surface area (Å²) < 4.78 is 9.60. The molecule has 1 saturated heterocycles. The van der Waals surface area contributed by atoms with Crippen LogP contribution in [0.25, 0.3) is 0 Å². The summed E-state index contributed by atoms with van der Waals surface area (Å²) in [6.07, 6.45) is 4.33. The second-order valence-corrected chi connectivity index (χ2v) is 4.11. The van der Waals surface area contributed by atoms with E-state index in [9.17, 15) is 0 Å². The number of nitrogens with zero attached hydrogens (tertiary/aromatic N) is 2. The van der Waals surface area contributed by atoms with Crippen LogP contribution in [0.15, 0.2) is 11.6 Å². The van der Waals surface area contributed by atoms with Gasteiger partial charge in [0, 0.05) is 6.04 Å². The number of rotatable bonds is 3. The highest BCUT2D eigenvalue weighted by Gasteiger charge is 2.21. The van der Waals surface area contributed by atoms with E-state index in [1.165, 1.54) is 30.9 Å². The number of hydrogen-bond acceptors (Lipinski definition) is 4. The van der Waals surface area contributed by atoms with Gasteiger partial charge in [-0.3, -0.25) is 0 Å². The number of hydrogen-bond donors (Lipinski definition) is 0. The van der Waals surface area contributed by atoms with E-state index in [4.69, 9.17) is 4.74 Å². The normalized spacial score (nSPS) is 23.6. The molecule has 13 heavy (non-hydrogen) atoms. The molecule has 0 spiro atoms. The highest BCUT2D eigenvalue weighted by Crippen LogP contribution is 2.17. The van der Waals surface area contributed by atoms with Gasteiger partial charge in [0.1, 0.15) is 12.4 Å². The zero-order valence-corrected chi connectivity index (χ0v) is 8.59. The van der Waals surface area contributed by atoms with E-state index in [-0.39, 0.29) is 0 Å². The lowest BCUT2D eigenvalue weighted by Gasteiger charge is -2.18. The molecular weight excluding hydrogens is 184 g/mol. The van der Waals surface area contributed by atoms with Crippen LogP contribution in [0.5, 0.6) is 5.75 Å². The Morgan fingerprint density at radius 1 is 1.77 bits per heavy atom. The van der Waals surface area contributed by atoms with Crippen molar-refractivity contribution >= 4 is 11.5 Å². The van der Waals surface area contributed by atoms with Crippen LogP contribution in [0.1, 0.15) is 12.8 Å². The number of ether oxygens (including phenoxy) is 1. The third-order valence-corrected chi connectivity index (χ3v) is 3.09. The van der Waals surface area contributed by atoms with Gasteiger partial charge in [-0.15, -0.1) is 0 Å². The Hall–Kier alpha value is -0.610. The van der Waals surface area contributed by atoms with E-state index in [1.807, 2.05) is 5.38 Å². The summed E-state index contributed by atoms with van der Waals surface area (Å²) in [5.41, 5.74) is 0. The van der Waals surface area contributed by atoms with Crippen molar-refractivity contribution in [2.45, 2.75) is 18.9 Å². The van der Waals surface area contributed by atoms with Crippen molar-refractivity contribution in [1.29, 1.82) is 0 Å². The molecule has 0 aliphatic carbocycles. The first-order chi connectivity index (χ1) is 6.36. The van der Waals surface area contributed by atoms with Crippen molar-refractivity contribution in [3.8, 4) is 5.75 Å². The average molecular weight is 198 g/mol. The van der Waals surface area contributed by atoms with E-state index in [0.29, 0.717) is 6.04 Å². The molecule has 0 saturated carbocycles. The molecule has 0 aromatic carbocycles. The molecule has 2 rings (SSSR count). The Morgan fingerprint density at radius 2 is 2.69 bits per heavy atom. The van der Waals surface area contributed by atoms with Gasteiger partial charge < -0.3 is 9.64 Å². The maximum absolute atomic E-state index is 5.61. The van der Waals surface area contributed by atoms with Gasteiger partial charge in [0.05, 0.1) is 11.6 Å². The SMILES string of the molecule is CN1CCCC1COc1cnsc1. The minimum atomic E-state index is 0.597. The zero-order valence-electron chi connectivity index (χ0n) is 7.77. The molecule has 1 aromatic rings. The fourth-order valence-electron chi connectivity index (χ4n) is 1.65. The summed E-state index contributed by atoms with van der Waals surface area (Å²) in [5, 5.41) is 1.94. The summed E-state index contributed by atoms with van der Waals surface area (Å²) in [5.74, 6) is 0.908. The van der Waals surface area contributed by atoms with E-state index < -0.39 is 0 Å². The van der Waals surface area contributed by atoms with Crippen LogP contribution in [0.3, 0.4) is 0 Å². The molecule has 2 heterocycles. The maximum Gasteiger partial charge on any atom is 0.150 e. The van der Waals surface area contributed by atoms with E-state index in [0.717, 1.165) is 12.4 Å². The Balaban J connectivity index is 1.79. The van der Waals surface area contributed by atoms with Crippen molar-refractivity contribution in [2.75, 3.05) is 20.2 Å². The van der Waals surface area contributed by atoms with Gasteiger partial charge in [-0.25, -0.2) is 0 Å². The molecule has 0 amide bonds. The molecule has 1 aromatic heterocycles. The number of aromatic nitrogens is 1. The lowest BCUT2D eigenvalue weighted by Crippen LogP contribution is -2.30. The first-order valence-electron chi connectivity index (χ1n) is 4.58. The Kier molecular flexibility index (Phi) is 2.80. The zero-order chi connectivity index (χ0) is 9.10. The third-order valence-electron chi connectivity index (χ3n) is 2.52. The summed E-state index contributed by atoms with van der Waals surface area (Å²) in [6, 6.07) is 0.597. The minimum absolute atomic E-state index is 0.597. The number of likely N-dealkylation sites (tertiary alicyclic amines) is 1.